The Bertz CT molecular complexity index is 424. The summed E-state index contributed by atoms with van der Waals surface area (Å²) in [6.45, 7) is 4.56. The topological polar surface area (TPSA) is 54.0 Å². The SMILES string of the molecule is Cc1ccc(CNC(C)C(=O)NC2CCCCC2)cn1. The zero-order chi connectivity index (χ0) is 14.4. The summed E-state index contributed by atoms with van der Waals surface area (Å²) in [5.41, 5.74) is 2.12. The van der Waals surface area contributed by atoms with Gasteiger partial charge in [0, 0.05) is 24.5 Å². The fourth-order valence-electron chi connectivity index (χ4n) is 2.54. The molecule has 1 heterocycles. The lowest BCUT2D eigenvalue weighted by atomic mass is 9.95. The highest BCUT2D eigenvalue weighted by molar-refractivity contribution is 5.81. The highest BCUT2D eigenvalue weighted by Gasteiger charge is 2.19. The predicted molar refractivity (Wildman–Crippen MR) is 80.3 cm³/mol. The fourth-order valence-corrected chi connectivity index (χ4v) is 2.54. The molecule has 4 nitrogen and oxygen atoms in total. The first-order valence-corrected chi connectivity index (χ1v) is 7.60. The van der Waals surface area contributed by atoms with Crippen LogP contribution in [-0.4, -0.2) is 23.0 Å². The number of carbonyl (C=O) groups is 1. The molecule has 1 aromatic rings. The zero-order valence-corrected chi connectivity index (χ0v) is 12.5. The minimum atomic E-state index is -0.168. The van der Waals surface area contributed by atoms with Crippen LogP contribution in [0.25, 0.3) is 0 Å². The number of aryl methyl sites for hydroxylation is 1. The minimum absolute atomic E-state index is 0.108. The van der Waals surface area contributed by atoms with Gasteiger partial charge in [-0.05, 0) is 38.3 Å². The normalized spacial score (nSPS) is 17.7. The van der Waals surface area contributed by atoms with Gasteiger partial charge in [-0.1, -0.05) is 25.3 Å². The third-order valence-corrected chi connectivity index (χ3v) is 3.93. The summed E-state index contributed by atoms with van der Waals surface area (Å²) in [6, 6.07) is 4.24. The highest BCUT2D eigenvalue weighted by atomic mass is 16.2. The van der Waals surface area contributed by atoms with Gasteiger partial charge in [0.05, 0.1) is 6.04 Å². The van der Waals surface area contributed by atoms with E-state index in [1.807, 2.05) is 32.2 Å². The Morgan fingerprint density at radius 2 is 2.10 bits per heavy atom. The van der Waals surface area contributed by atoms with Gasteiger partial charge in [0.2, 0.25) is 5.91 Å². The van der Waals surface area contributed by atoms with Crippen LogP contribution in [-0.2, 0) is 11.3 Å². The van der Waals surface area contributed by atoms with Crippen LogP contribution in [0, 0.1) is 6.92 Å². The van der Waals surface area contributed by atoms with Crippen LogP contribution >= 0.6 is 0 Å². The number of carbonyl (C=O) groups excluding carboxylic acids is 1. The van der Waals surface area contributed by atoms with Crippen LogP contribution in [0.3, 0.4) is 0 Å². The average molecular weight is 275 g/mol. The molecule has 0 bridgehead atoms. The second-order valence-corrected chi connectivity index (χ2v) is 5.75. The molecule has 0 saturated heterocycles. The predicted octanol–water partition coefficient (Wildman–Crippen LogP) is 2.32. The van der Waals surface area contributed by atoms with Crippen molar-refractivity contribution in [2.24, 2.45) is 0 Å². The molecular formula is C16H25N3O. The number of rotatable bonds is 5. The maximum absolute atomic E-state index is 12.1. The van der Waals surface area contributed by atoms with Crippen LogP contribution in [0.4, 0.5) is 0 Å². The molecule has 2 N–H and O–H groups in total. The van der Waals surface area contributed by atoms with E-state index in [-0.39, 0.29) is 11.9 Å². The van der Waals surface area contributed by atoms with Gasteiger partial charge in [-0.3, -0.25) is 9.78 Å². The van der Waals surface area contributed by atoms with Gasteiger partial charge in [0.15, 0.2) is 0 Å². The van der Waals surface area contributed by atoms with E-state index in [2.05, 4.69) is 15.6 Å². The van der Waals surface area contributed by atoms with Gasteiger partial charge < -0.3 is 10.6 Å². The number of nitrogens with one attached hydrogen (secondary N) is 2. The number of hydrogen-bond donors (Lipinski definition) is 2. The number of pyridine rings is 1. The zero-order valence-electron chi connectivity index (χ0n) is 12.5. The van der Waals surface area contributed by atoms with Crippen molar-refractivity contribution in [3.8, 4) is 0 Å². The lowest BCUT2D eigenvalue weighted by Crippen LogP contribution is -2.46. The molecular weight excluding hydrogens is 250 g/mol. The average Bonchev–Trinajstić information content (AvgIpc) is 2.47. The molecule has 1 aliphatic rings. The summed E-state index contributed by atoms with van der Waals surface area (Å²) in [4.78, 5) is 16.4. The van der Waals surface area contributed by atoms with E-state index in [1.165, 1.54) is 19.3 Å². The molecule has 0 radical (unpaired) electrons. The Labute approximate surface area is 121 Å². The standard InChI is InChI=1S/C16H25N3O/c1-12-8-9-14(10-17-12)11-18-13(2)16(20)19-15-6-4-3-5-7-15/h8-10,13,15,18H,3-7,11H2,1-2H3,(H,19,20). The number of amides is 1. The summed E-state index contributed by atoms with van der Waals surface area (Å²) in [5, 5.41) is 6.40. The van der Waals surface area contributed by atoms with Crippen molar-refractivity contribution in [2.75, 3.05) is 0 Å². The first-order chi connectivity index (χ1) is 9.65. The van der Waals surface area contributed by atoms with Crippen molar-refractivity contribution in [2.45, 2.75) is 64.6 Å². The molecule has 1 aliphatic carbocycles. The van der Waals surface area contributed by atoms with Crippen molar-refractivity contribution in [3.05, 3.63) is 29.6 Å². The molecule has 0 aliphatic heterocycles. The van der Waals surface area contributed by atoms with E-state index in [1.54, 1.807) is 0 Å². The molecule has 0 aromatic carbocycles. The van der Waals surface area contributed by atoms with Crippen molar-refractivity contribution in [1.29, 1.82) is 0 Å². The van der Waals surface area contributed by atoms with Crippen LogP contribution < -0.4 is 10.6 Å². The van der Waals surface area contributed by atoms with E-state index in [0.29, 0.717) is 12.6 Å². The first kappa shape index (κ1) is 15.0. The van der Waals surface area contributed by atoms with Crippen LogP contribution in [0.5, 0.6) is 0 Å². The second-order valence-electron chi connectivity index (χ2n) is 5.75. The van der Waals surface area contributed by atoms with Crippen LogP contribution in [0.15, 0.2) is 18.3 Å². The Kier molecular flexibility index (Phi) is 5.53. The van der Waals surface area contributed by atoms with E-state index in [9.17, 15) is 4.79 Å². The largest absolute Gasteiger partial charge is 0.352 e. The third-order valence-electron chi connectivity index (χ3n) is 3.93. The summed E-state index contributed by atoms with van der Waals surface area (Å²) in [6.07, 6.45) is 7.89. The summed E-state index contributed by atoms with van der Waals surface area (Å²) >= 11 is 0. The van der Waals surface area contributed by atoms with Gasteiger partial charge >= 0.3 is 0 Å². The molecule has 2 rings (SSSR count). The van der Waals surface area contributed by atoms with Crippen LogP contribution in [0.2, 0.25) is 0 Å². The van der Waals surface area contributed by atoms with Gasteiger partial charge in [-0.15, -0.1) is 0 Å². The van der Waals surface area contributed by atoms with Gasteiger partial charge in [0.25, 0.3) is 0 Å². The molecule has 1 amide bonds. The Hall–Kier alpha value is -1.42. The van der Waals surface area contributed by atoms with Gasteiger partial charge in [-0.25, -0.2) is 0 Å². The van der Waals surface area contributed by atoms with E-state index in [4.69, 9.17) is 0 Å². The maximum atomic E-state index is 12.1. The Balaban J connectivity index is 1.74. The van der Waals surface area contributed by atoms with E-state index >= 15 is 0 Å². The lowest BCUT2D eigenvalue weighted by Gasteiger charge is -2.24. The smallest absolute Gasteiger partial charge is 0.237 e. The molecule has 1 unspecified atom stereocenters. The fraction of sp³-hybridized carbons (Fsp3) is 0.625. The van der Waals surface area contributed by atoms with Gasteiger partial charge in [-0.2, -0.15) is 0 Å². The maximum Gasteiger partial charge on any atom is 0.237 e. The number of aromatic nitrogens is 1. The summed E-state index contributed by atoms with van der Waals surface area (Å²) in [7, 11) is 0. The first-order valence-electron chi connectivity index (χ1n) is 7.60. The Morgan fingerprint density at radius 3 is 2.75 bits per heavy atom. The number of nitrogens with zero attached hydrogens (tertiary/aromatic N) is 1. The van der Waals surface area contributed by atoms with Crippen molar-refractivity contribution < 1.29 is 4.79 Å². The summed E-state index contributed by atoms with van der Waals surface area (Å²) in [5.74, 6) is 0.108. The second kappa shape index (κ2) is 7.39. The molecule has 1 aromatic heterocycles. The van der Waals surface area contributed by atoms with Crippen LogP contribution in [0.1, 0.15) is 50.3 Å². The third kappa shape index (κ3) is 4.60. The van der Waals surface area contributed by atoms with E-state index < -0.39 is 0 Å². The lowest BCUT2D eigenvalue weighted by molar-refractivity contribution is -0.123. The molecule has 0 spiro atoms. The minimum Gasteiger partial charge on any atom is -0.352 e. The molecule has 20 heavy (non-hydrogen) atoms. The quantitative estimate of drug-likeness (QED) is 0.867. The Morgan fingerprint density at radius 1 is 1.35 bits per heavy atom. The van der Waals surface area contributed by atoms with Crippen molar-refractivity contribution >= 4 is 5.91 Å². The molecule has 4 heteroatoms. The van der Waals surface area contributed by atoms with E-state index in [0.717, 1.165) is 24.1 Å². The van der Waals surface area contributed by atoms with Crippen molar-refractivity contribution in [1.82, 2.24) is 15.6 Å². The molecule has 1 atom stereocenters. The number of hydrogen-bond acceptors (Lipinski definition) is 3. The summed E-state index contributed by atoms with van der Waals surface area (Å²) < 4.78 is 0. The molecule has 1 saturated carbocycles. The monoisotopic (exact) mass is 275 g/mol. The molecule has 110 valence electrons. The van der Waals surface area contributed by atoms with Crippen molar-refractivity contribution in [3.63, 3.8) is 0 Å². The highest BCUT2D eigenvalue weighted by Crippen LogP contribution is 2.17. The van der Waals surface area contributed by atoms with Gasteiger partial charge in [0.1, 0.15) is 0 Å². The molecule has 1 fully saturated rings.